The zero-order valence-electron chi connectivity index (χ0n) is 15.1. The fourth-order valence-corrected chi connectivity index (χ4v) is 2.83. The monoisotopic (exact) mass is 352 g/mol. The molecule has 0 aromatic heterocycles. The van der Waals surface area contributed by atoms with Crippen LogP contribution in [0.1, 0.15) is 53.0 Å². The zero-order valence-corrected chi connectivity index (χ0v) is 15.9. The third-order valence-electron chi connectivity index (χ3n) is 4.73. The van der Waals surface area contributed by atoms with Crippen LogP contribution in [0.4, 0.5) is 0 Å². The summed E-state index contributed by atoms with van der Waals surface area (Å²) in [5.74, 6) is -0.164. The molecule has 24 heavy (non-hydrogen) atoms. The summed E-state index contributed by atoms with van der Waals surface area (Å²) in [6.07, 6.45) is 1.86. The first-order chi connectivity index (χ1) is 11.2. The summed E-state index contributed by atoms with van der Waals surface area (Å²) in [6, 6.07) is 5.85. The molecule has 1 aliphatic heterocycles. The number of halogens is 1. The van der Waals surface area contributed by atoms with Gasteiger partial charge in [-0.2, -0.15) is 0 Å². The van der Waals surface area contributed by atoms with Crippen molar-refractivity contribution in [2.75, 3.05) is 6.61 Å². The molecule has 1 aliphatic rings. The van der Waals surface area contributed by atoms with Crippen LogP contribution >= 0.6 is 11.6 Å². The van der Waals surface area contributed by atoms with E-state index in [0.29, 0.717) is 24.5 Å². The summed E-state index contributed by atoms with van der Waals surface area (Å²) in [6.45, 7) is 10.3. The Morgan fingerprint density at radius 3 is 2.38 bits per heavy atom. The second-order valence-corrected chi connectivity index (χ2v) is 7.50. The van der Waals surface area contributed by atoms with Crippen molar-refractivity contribution in [3.8, 4) is 0 Å². The molecule has 0 radical (unpaired) electrons. The van der Waals surface area contributed by atoms with Gasteiger partial charge in [0, 0.05) is 11.4 Å². The predicted octanol–water partition coefficient (Wildman–Crippen LogP) is 3.53. The summed E-state index contributed by atoms with van der Waals surface area (Å²) < 4.78 is 17.0. The van der Waals surface area contributed by atoms with Crippen molar-refractivity contribution in [3.63, 3.8) is 0 Å². The molecule has 1 fully saturated rings. The molecule has 0 aliphatic carbocycles. The Labute approximate surface area is 150 Å². The van der Waals surface area contributed by atoms with E-state index in [4.69, 9.17) is 25.6 Å². The molecule has 1 saturated heterocycles. The second kappa shape index (κ2) is 7.46. The van der Waals surface area contributed by atoms with E-state index in [1.807, 2.05) is 52.8 Å². The molecular weight excluding hydrogens is 326 g/mol. The molecule has 1 aromatic carbocycles. The third-order valence-corrected chi connectivity index (χ3v) is 5.09. The van der Waals surface area contributed by atoms with E-state index in [9.17, 15) is 4.79 Å². The average Bonchev–Trinajstić information content (AvgIpc) is 2.69. The largest absolute Gasteiger partial charge is 0.494 e. The van der Waals surface area contributed by atoms with Gasteiger partial charge in [0.2, 0.25) is 0 Å². The lowest BCUT2D eigenvalue weighted by molar-refractivity contribution is -0.143. The Bertz CT molecular complexity index is 585. The molecule has 0 spiro atoms. The van der Waals surface area contributed by atoms with Gasteiger partial charge in [-0.3, -0.25) is 4.79 Å². The van der Waals surface area contributed by atoms with Crippen LogP contribution in [0.2, 0.25) is 5.02 Å². The van der Waals surface area contributed by atoms with Crippen LogP contribution in [0, 0.1) is 0 Å². The summed E-state index contributed by atoms with van der Waals surface area (Å²) in [7, 11) is -0.416. The van der Waals surface area contributed by atoms with Crippen molar-refractivity contribution >= 4 is 30.2 Å². The number of hydrogen-bond acceptors (Lipinski definition) is 4. The van der Waals surface area contributed by atoms with Crippen molar-refractivity contribution in [1.82, 2.24) is 0 Å². The Hall–Kier alpha value is -1.04. The fraction of sp³-hybridized carbons (Fsp3) is 0.611. The number of carbonyl (C=O) groups excluding carboxylic acids is 1. The van der Waals surface area contributed by atoms with Gasteiger partial charge in [-0.1, -0.05) is 23.7 Å². The maximum absolute atomic E-state index is 11.4. The number of ether oxygens (including phenoxy) is 1. The quantitative estimate of drug-likeness (QED) is 0.580. The van der Waals surface area contributed by atoms with Crippen LogP contribution in [0.3, 0.4) is 0 Å². The number of benzene rings is 1. The van der Waals surface area contributed by atoms with E-state index in [0.717, 1.165) is 17.4 Å². The van der Waals surface area contributed by atoms with Gasteiger partial charge in [-0.05, 0) is 64.6 Å². The molecule has 0 bridgehead atoms. The maximum atomic E-state index is 11.4. The number of rotatable bonds is 6. The van der Waals surface area contributed by atoms with Gasteiger partial charge in [0.1, 0.15) is 0 Å². The molecule has 0 saturated carbocycles. The van der Waals surface area contributed by atoms with Crippen LogP contribution in [0.5, 0.6) is 0 Å². The molecule has 132 valence electrons. The van der Waals surface area contributed by atoms with Gasteiger partial charge >= 0.3 is 13.1 Å². The van der Waals surface area contributed by atoms with Gasteiger partial charge in [-0.15, -0.1) is 0 Å². The topological polar surface area (TPSA) is 44.8 Å². The van der Waals surface area contributed by atoms with Crippen molar-refractivity contribution in [3.05, 3.63) is 28.8 Å². The average molecular weight is 353 g/mol. The lowest BCUT2D eigenvalue weighted by atomic mass is 9.78. The van der Waals surface area contributed by atoms with Crippen molar-refractivity contribution in [2.24, 2.45) is 0 Å². The minimum Gasteiger partial charge on any atom is -0.466 e. The minimum absolute atomic E-state index is 0.164. The van der Waals surface area contributed by atoms with E-state index in [1.54, 1.807) is 0 Å². The lowest BCUT2D eigenvalue weighted by Crippen LogP contribution is -2.41. The molecule has 1 aromatic rings. The standard InChI is InChI=1S/C18H26BClO4/c1-6-22-16(21)9-7-8-13-10-11-14(12-15(13)20)19-23-17(2,3)18(4,5)24-19/h10-12H,6-9H2,1-5H3. The second-order valence-electron chi connectivity index (χ2n) is 7.10. The molecule has 0 N–H and O–H groups in total. The first-order valence-corrected chi connectivity index (χ1v) is 8.83. The van der Waals surface area contributed by atoms with Crippen molar-refractivity contribution in [1.29, 1.82) is 0 Å². The Kier molecular flexibility index (Phi) is 6.00. The van der Waals surface area contributed by atoms with E-state index in [-0.39, 0.29) is 17.2 Å². The summed E-state index contributed by atoms with van der Waals surface area (Å²) in [5, 5.41) is 0.672. The smallest absolute Gasteiger partial charge is 0.466 e. The van der Waals surface area contributed by atoms with Crippen LogP contribution in [-0.4, -0.2) is 30.9 Å². The number of aryl methyl sites for hydroxylation is 1. The first-order valence-electron chi connectivity index (χ1n) is 8.46. The normalized spacial score (nSPS) is 18.7. The van der Waals surface area contributed by atoms with E-state index in [1.165, 1.54) is 0 Å². The molecule has 1 heterocycles. The predicted molar refractivity (Wildman–Crippen MR) is 96.7 cm³/mol. The fourth-order valence-electron chi connectivity index (χ4n) is 2.55. The van der Waals surface area contributed by atoms with Crippen LogP contribution in [0.15, 0.2) is 18.2 Å². The highest BCUT2D eigenvalue weighted by Gasteiger charge is 2.51. The highest BCUT2D eigenvalue weighted by atomic mass is 35.5. The van der Waals surface area contributed by atoms with Crippen LogP contribution in [-0.2, 0) is 25.3 Å². The van der Waals surface area contributed by atoms with E-state index < -0.39 is 7.12 Å². The molecule has 0 atom stereocenters. The number of esters is 1. The molecule has 0 unspecified atom stereocenters. The van der Waals surface area contributed by atoms with E-state index in [2.05, 4.69) is 0 Å². The SMILES string of the molecule is CCOC(=O)CCCc1ccc(B2OC(C)(C)C(C)(C)O2)cc1Cl. The highest BCUT2D eigenvalue weighted by molar-refractivity contribution is 6.62. The van der Waals surface area contributed by atoms with Gasteiger partial charge in [-0.25, -0.2) is 0 Å². The number of carbonyl (C=O) groups is 1. The number of hydrogen-bond donors (Lipinski definition) is 0. The Balaban J connectivity index is 1.99. The van der Waals surface area contributed by atoms with Crippen molar-refractivity contribution < 1.29 is 18.8 Å². The van der Waals surface area contributed by atoms with Crippen molar-refractivity contribution in [2.45, 2.75) is 65.1 Å². The lowest BCUT2D eigenvalue weighted by Gasteiger charge is -2.32. The van der Waals surface area contributed by atoms with Gasteiger partial charge in [0.05, 0.1) is 17.8 Å². The van der Waals surface area contributed by atoms with Crippen LogP contribution in [0.25, 0.3) is 0 Å². The molecule has 6 heteroatoms. The molecule has 2 rings (SSSR count). The Morgan fingerprint density at radius 1 is 1.21 bits per heavy atom. The van der Waals surface area contributed by atoms with Gasteiger partial charge in [0.15, 0.2) is 0 Å². The molecule has 4 nitrogen and oxygen atoms in total. The minimum atomic E-state index is -0.416. The summed E-state index contributed by atoms with van der Waals surface area (Å²) in [4.78, 5) is 11.4. The molecular formula is C18H26BClO4. The summed E-state index contributed by atoms with van der Waals surface area (Å²) >= 11 is 6.40. The maximum Gasteiger partial charge on any atom is 0.494 e. The van der Waals surface area contributed by atoms with Crippen LogP contribution < -0.4 is 5.46 Å². The first kappa shape index (κ1) is 19.3. The molecule has 0 amide bonds. The van der Waals surface area contributed by atoms with E-state index >= 15 is 0 Å². The van der Waals surface area contributed by atoms with Gasteiger partial charge in [0.25, 0.3) is 0 Å². The highest BCUT2D eigenvalue weighted by Crippen LogP contribution is 2.36. The summed E-state index contributed by atoms with van der Waals surface area (Å²) in [5.41, 5.74) is 1.18. The Morgan fingerprint density at radius 2 is 1.83 bits per heavy atom. The van der Waals surface area contributed by atoms with Gasteiger partial charge < -0.3 is 14.0 Å². The third kappa shape index (κ3) is 4.32. The zero-order chi connectivity index (χ0) is 18.0.